The van der Waals surface area contributed by atoms with Gasteiger partial charge in [-0.25, -0.2) is 0 Å². The predicted octanol–water partition coefficient (Wildman–Crippen LogP) is 1.52. The van der Waals surface area contributed by atoms with Gasteiger partial charge in [0, 0.05) is 24.5 Å². The molecule has 0 aliphatic carbocycles. The Morgan fingerprint density at radius 1 is 1.43 bits per heavy atom. The predicted molar refractivity (Wildman–Crippen MR) is 91.0 cm³/mol. The first-order valence-corrected chi connectivity index (χ1v) is 8.53. The maximum atomic E-state index is 11.9. The Bertz CT molecular complexity index is 425. The minimum Gasteiger partial charge on any atom is -0.395 e. The van der Waals surface area contributed by atoms with Crippen LogP contribution in [0.4, 0.5) is 11.4 Å². The quantitative estimate of drug-likeness (QED) is 0.644. The molecule has 6 heteroatoms. The molecule has 0 spiro atoms. The van der Waals surface area contributed by atoms with Crippen LogP contribution >= 0.6 is 11.8 Å². The number of rotatable bonds is 9. The highest BCUT2D eigenvalue weighted by Crippen LogP contribution is 2.18. The molecule has 21 heavy (non-hydrogen) atoms. The standard InChI is InChI=1S/C15H25N3O2S/c1-3-18(9-10-19)13-6-4-12(5-7-13)17-15(20)14(16)8-11-21-2/h4-7,14,19H,3,8-11,16H2,1-2H3,(H,17,20)/t14-/m0/s1. The van der Waals surface area contributed by atoms with Crippen LogP contribution in [0.3, 0.4) is 0 Å². The highest BCUT2D eigenvalue weighted by Gasteiger charge is 2.13. The van der Waals surface area contributed by atoms with Gasteiger partial charge in [0.05, 0.1) is 12.6 Å². The van der Waals surface area contributed by atoms with Gasteiger partial charge in [-0.05, 0) is 49.6 Å². The minimum absolute atomic E-state index is 0.122. The Kier molecular flexibility index (Phi) is 8.19. The van der Waals surface area contributed by atoms with Crippen LogP contribution in [0.1, 0.15) is 13.3 Å². The molecular weight excluding hydrogens is 286 g/mol. The van der Waals surface area contributed by atoms with Crippen molar-refractivity contribution in [3.8, 4) is 0 Å². The van der Waals surface area contributed by atoms with E-state index in [2.05, 4.69) is 10.2 Å². The van der Waals surface area contributed by atoms with Gasteiger partial charge in [0.2, 0.25) is 5.91 Å². The lowest BCUT2D eigenvalue weighted by atomic mass is 10.2. The summed E-state index contributed by atoms with van der Waals surface area (Å²) in [7, 11) is 0. The number of aliphatic hydroxyl groups excluding tert-OH is 1. The first-order valence-electron chi connectivity index (χ1n) is 7.13. The monoisotopic (exact) mass is 311 g/mol. The van der Waals surface area contributed by atoms with E-state index in [1.807, 2.05) is 37.4 Å². The molecule has 1 aromatic carbocycles. The molecule has 1 amide bonds. The molecule has 0 saturated carbocycles. The third-order valence-corrected chi connectivity index (χ3v) is 3.87. The lowest BCUT2D eigenvalue weighted by Gasteiger charge is -2.22. The molecule has 0 aromatic heterocycles. The number of carbonyl (C=O) groups excluding carboxylic acids is 1. The third-order valence-electron chi connectivity index (χ3n) is 3.22. The molecule has 0 unspecified atom stereocenters. The van der Waals surface area contributed by atoms with Crippen LogP contribution in [0, 0.1) is 0 Å². The van der Waals surface area contributed by atoms with Gasteiger partial charge >= 0.3 is 0 Å². The van der Waals surface area contributed by atoms with Crippen LogP contribution in [0.2, 0.25) is 0 Å². The zero-order chi connectivity index (χ0) is 15.7. The molecule has 1 atom stereocenters. The lowest BCUT2D eigenvalue weighted by Crippen LogP contribution is -2.36. The Hall–Kier alpha value is -1.24. The van der Waals surface area contributed by atoms with Crippen molar-refractivity contribution >= 4 is 29.0 Å². The first-order chi connectivity index (χ1) is 10.1. The zero-order valence-corrected chi connectivity index (χ0v) is 13.5. The highest BCUT2D eigenvalue weighted by atomic mass is 32.2. The normalized spacial score (nSPS) is 12.0. The molecule has 0 aliphatic rings. The summed E-state index contributed by atoms with van der Waals surface area (Å²) in [6.07, 6.45) is 2.67. The number of thioether (sulfide) groups is 1. The summed E-state index contributed by atoms with van der Waals surface area (Å²) in [6.45, 7) is 3.58. The van der Waals surface area contributed by atoms with Crippen molar-refractivity contribution < 1.29 is 9.90 Å². The van der Waals surface area contributed by atoms with E-state index in [4.69, 9.17) is 10.8 Å². The molecule has 4 N–H and O–H groups in total. The van der Waals surface area contributed by atoms with Crippen LogP contribution < -0.4 is 16.0 Å². The summed E-state index contributed by atoms with van der Waals surface area (Å²) < 4.78 is 0. The molecule has 1 aromatic rings. The minimum atomic E-state index is -0.473. The van der Waals surface area contributed by atoms with E-state index in [0.29, 0.717) is 13.0 Å². The van der Waals surface area contributed by atoms with Gasteiger partial charge in [-0.2, -0.15) is 11.8 Å². The van der Waals surface area contributed by atoms with Gasteiger partial charge < -0.3 is 21.1 Å². The Labute approximate surface area is 130 Å². The fourth-order valence-electron chi connectivity index (χ4n) is 1.96. The SMILES string of the molecule is CCN(CCO)c1ccc(NC(=O)[C@@H](N)CCSC)cc1. The number of aliphatic hydroxyl groups is 1. The molecule has 0 radical (unpaired) electrons. The van der Waals surface area contributed by atoms with Crippen molar-refractivity contribution in [2.24, 2.45) is 5.73 Å². The van der Waals surface area contributed by atoms with Crippen LogP contribution in [0.25, 0.3) is 0 Å². The fraction of sp³-hybridized carbons (Fsp3) is 0.533. The summed E-state index contributed by atoms with van der Waals surface area (Å²) in [5.41, 5.74) is 7.59. The number of nitrogens with two attached hydrogens (primary N) is 1. The molecule has 0 aliphatic heterocycles. The van der Waals surface area contributed by atoms with Gasteiger partial charge in [0.15, 0.2) is 0 Å². The summed E-state index contributed by atoms with van der Waals surface area (Å²) >= 11 is 1.68. The van der Waals surface area contributed by atoms with Gasteiger partial charge in [-0.1, -0.05) is 0 Å². The smallest absolute Gasteiger partial charge is 0.241 e. The van der Waals surface area contributed by atoms with Gasteiger partial charge in [-0.3, -0.25) is 4.79 Å². The van der Waals surface area contributed by atoms with E-state index < -0.39 is 6.04 Å². The largest absolute Gasteiger partial charge is 0.395 e. The van der Waals surface area contributed by atoms with E-state index in [1.165, 1.54) is 0 Å². The average molecular weight is 311 g/mol. The highest BCUT2D eigenvalue weighted by molar-refractivity contribution is 7.98. The fourth-order valence-corrected chi connectivity index (χ4v) is 2.45. The van der Waals surface area contributed by atoms with E-state index >= 15 is 0 Å². The van der Waals surface area contributed by atoms with Crippen LogP contribution in [-0.2, 0) is 4.79 Å². The number of amides is 1. The van der Waals surface area contributed by atoms with E-state index in [-0.39, 0.29) is 12.5 Å². The zero-order valence-electron chi connectivity index (χ0n) is 12.7. The average Bonchev–Trinajstić information content (AvgIpc) is 2.51. The number of hydrogen-bond donors (Lipinski definition) is 3. The van der Waals surface area contributed by atoms with Gasteiger partial charge in [0.25, 0.3) is 0 Å². The lowest BCUT2D eigenvalue weighted by molar-refractivity contribution is -0.117. The molecular formula is C15H25N3O2S. The van der Waals surface area contributed by atoms with Crippen molar-refractivity contribution in [2.75, 3.05) is 41.9 Å². The number of likely N-dealkylation sites (N-methyl/N-ethyl adjacent to an activating group) is 1. The second-order valence-corrected chi connectivity index (χ2v) is 5.71. The molecule has 5 nitrogen and oxygen atoms in total. The molecule has 0 bridgehead atoms. The second kappa shape index (κ2) is 9.65. The topological polar surface area (TPSA) is 78.6 Å². The number of benzene rings is 1. The van der Waals surface area contributed by atoms with Crippen molar-refractivity contribution in [1.82, 2.24) is 0 Å². The number of nitrogens with one attached hydrogen (secondary N) is 1. The summed E-state index contributed by atoms with van der Waals surface area (Å²) in [5, 5.41) is 11.8. The number of nitrogens with zero attached hydrogens (tertiary/aromatic N) is 1. The maximum Gasteiger partial charge on any atom is 0.241 e. The summed E-state index contributed by atoms with van der Waals surface area (Å²) in [4.78, 5) is 14.0. The van der Waals surface area contributed by atoms with E-state index in [0.717, 1.165) is 23.7 Å². The van der Waals surface area contributed by atoms with Crippen LogP contribution in [-0.4, -0.2) is 48.8 Å². The Morgan fingerprint density at radius 3 is 2.62 bits per heavy atom. The summed E-state index contributed by atoms with van der Waals surface area (Å²) in [6, 6.07) is 7.10. The van der Waals surface area contributed by atoms with Crippen molar-refractivity contribution in [2.45, 2.75) is 19.4 Å². The number of carbonyl (C=O) groups is 1. The number of hydrogen-bond acceptors (Lipinski definition) is 5. The second-order valence-electron chi connectivity index (χ2n) is 4.73. The summed E-state index contributed by atoms with van der Waals surface area (Å²) in [5.74, 6) is 0.722. The van der Waals surface area contributed by atoms with Gasteiger partial charge in [0.1, 0.15) is 0 Å². The molecule has 0 saturated heterocycles. The van der Waals surface area contributed by atoms with Crippen molar-refractivity contribution in [1.29, 1.82) is 0 Å². The third kappa shape index (κ3) is 5.95. The molecule has 0 heterocycles. The van der Waals surface area contributed by atoms with Crippen LogP contribution in [0.15, 0.2) is 24.3 Å². The molecule has 118 valence electrons. The maximum absolute atomic E-state index is 11.9. The van der Waals surface area contributed by atoms with E-state index in [1.54, 1.807) is 11.8 Å². The van der Waals surface area contributed by atoms with Gasteiger partial charge in [-0.15, -0.1) is 0 Å². The molecule has 1 rings (SSSR count). The van der Waals surface area contributed by atoms with Crippen molar-refractivity contribution in [3.63, 3.8) is 0 Å². The molecule has 0 fully saturated rings. The van der Waals surface area contributed by atoms with Crippen LogP contribution in [0.5, 0.6) is 0 Å². The number of anilines is 2. The Balaban J connectivity index is 2.59. The Morgan fingerprint density at radius 2 is 2.10 bits per heavy atom. The first kappa shape index (κ1) is 17.8. The van der Waals surface area contributed by atoms with E-state index in [9.17, 15) is 4.79 Å². The van der Waals surface area contributed by atoms with Crippen molar-refractivity contribution in [3.05, 3.63) is 24.3 Å².